The van der Waals surface area contributed by atoms with Gasteiger partial charge in [0.1, 0.15) is 16.7 Å². The average molecular weight is 845 g/mol. The van der Waals surface area contributed by atoms with Gasteiger partial charge in [0.2, 0.25) is 5.89 Å². The van der Waals surface area contributed by atoms with Crippen LogP contribution < -0.4 is 4.90 Å². The first-order valence-corrected chi connectivity index (χ1v) is 22.4. The fourth-order valence-corrected chi connectivity index (χ4v) is 10.5. The van der Waals surface area contributed by atoms with Crippen LogP contribution in [0.1, 0.15) is 22.3 Å². The van der Waals surface area contributed by atoms with E-state index in [0.29, 0.717) is 5.89 Å². The molecule has 0 atom stereocenters. The van der Waals surface area contributed by atoms with E-state index < -0.39 is 5.41 Å². The molecule has 2 heterocycles. The Labute approximate surface area is 382 Å². The van der Waals surface area contributed by atoms with Crippen LogP contribution in [-0.2, 0) is 5.41 Å². The minimum Gasteiger partial charge on any atom is -0.455 e. The molecule has 310 valence electrons. The van der Waals surface area contributed by atoms with Crippen molar-refractivity contribution in [1.29, 1.82) is 0 Å². The van der Waals surface area contributed by atoms with Gasteiger partial charge < -0.3 is 13.7 Å². The van der Waals surface area contributed by atoms with Gasteiger partial charge in [-0.1, -0.05) is 188 Å². The standard InChI is InChI=1S/C62H40N2O2/c1-5-17-41(18-6-1)49-26-15-28-53-54-29-16-27-50(60(54)66-59(49)53)42-31-33-46(34-32-42)64(48-36-38-57-58(40-48)65-61(63-57)43-19-7-2-8-20-43)47-35-37-52-51-25-13-14-30-55(51)62(56(52)39-47,44-21-9-3-10-22-44)45-23-11-4-12-24-45/h1-40H. The van der Waals surface area contributed by atoms with Crippen LogP contribution >= 0.6 is 0 Å². The number of fused-ring (bicyclic) bond motifs is 7. The maximum Gasteiger partial charge on any atom is 0.227 e. The Balaban J connectivity index is 0.992. The van der Waals surface area contributed by atoms with E-state index in [-0.39, 0.29) is 0 Å². The largest absolute Gasteiger partial charge is 0.455 e. The van der Waals surface area contributed by atoms with Crippen molar-refractivity contribution >= 4 is 50.1 Å². The maximum absolute atomic E-state index is 6.85. The average Bonchev–Trinajstić information content (AvgIpc) is 4.09. The molecular weight excluding hydrogens is 805 g/mol. The second-order valence-corrected chi connectivity index (χ2v) is 17.0. The van der Waals surface area contributed by atoms with Gasteiger partial charge in [0, 0.05) is 50.6 Å². The number of oxazole rings is 1. The highest BCUT2D eigenvalue weighted by molar-refractivity contribution is 6.13. The number of benzene rings is 10. The van der Waals surface area contributed by atoms with Crippen LogP contribution in [0.15, 0.2) is 251 Å². The molecule has 66 heavy (non-hydrogen) atoms. The van der Waals surface area contributed by atoms with Gasteiger partial charge in [-0.3, -0.25) is 0 Å². The molecule has 0 spiro atoms. The van der Waals surface area contributed by atoms with Gasteiger partial charge in [0.25, 0.3) is 0 Å². The van der Waals surface area contributed by atoms with Crippen molar-refractivity contribution in [2.24, 2.45) is 0 Å². The summed E-state index contributed by atoms with van der Waals surface area (Å²) in [6, 6.07) is 86.4. The van der Waals surface area contributed by atoms with Crippen molar-refractivity contribution in [3.8, 4) is 44.8 Å². The summed E-state index contributed by atoms with van der Waals surface area (Å²) in [5, 5.41) is 2.20. The molecule has 0 fully saturated rings. The lowest BCUT2D eigenvalue weighted by Crippen LogP contribution is -2.28. The molecule has 12 aromatic rings. The van der Waals surface area contributed by atoms with Crippen LogP contribution in [0.5, 0.6) is 0 Å². The van der Waals surface area contributed by atoms with Gasteiger partial charge in [-0.2, -0.15) is 0 Å². The molecule has 1 aliphatic carbocycles. The molecule has 13 rings (SSSR count). The van der Waals surface area contributed by atoms with E-state index in [2.05, 4.69) is 211 Å². The predicted molar refractivity (Wildman–Crippen MR) is 270 cm³/mol. The zero-order valence-electron chi connectivity index (χ0n) is 35.8. The molecular formula is C62H40N2O2. The van der Waals surface area contributed by atoms with Gasteiger partial charge in [0.15, 0.2) is 5.58 Å². The van der Waals surface area contributed by atoms with Gasteiger partial charge in [-0.25, -0.2) is 4.98 Å². The summed E-state index contributed by atoms with van der Waals surface area (Å²) in [6.45, 7) is 0. The maximum atomic E-state index is 6.85. The van der Waals surface area contributed by atoms with E-state index in [0.717, 1.165) is 77.9 Å². The first-order chi connectivity index (χ1) is 32.7. The fourth-order valence-electron chi connectivity index (χ4n) is 10.5. The lowest BCUT2D eigenvalue weighted by molar-refractivity contribution is 0.620. The van der Waals surface area contributed by atoms with Crippen LogP contribution in [-0.4, -0.2) is 4.98 Å². The Hall–Kier alpha value is -8.73. The summed E-state index contributed by atoms with van der Waals surface area (Å²) >= 11 is 0. The Bertz CT molecular complexity index is 3700. The highest BCUT2D eigenvalue weighted by Gasteiger charge is 2.46. The number of hydrogen-bond acceptors (Lipinski definition) is 4. The number of rotatable bonds is 8. The summed E-state index contributed by atoms with van der Waals surface area (Å²) in [5.41, 5.74) is 18.4. The number of furan rings is 1. The zero-order chi connectivity index (χ0) is 43.6. The molecule has 0 N–H and O–H groups in total. The molecule has 0 amide bonds. The molecule has 10 aromatic carbocycles. The second-order valence-electron chi connectivity index (χ2n) is 17.0. The van der Waals surface area contributed by atoms with Crippen molar-refractivity contribution in [1.82, 2.24) is 4.98 Å². The molecule has 0 aliphatic heterocycles. The highest BCUT2D eigenvalue weighted by Crippen LogP contribution is 2.57. The Kier molecular flexibility index (Phi) is 8.72. The SMILES string of the molecule is c1ccc(-c2nc3ccc(N(c4ccc(-c5cccc6c5oc5c(-c7ccccc7)cccc56)cc4)c4ccc5c(c4)C(c4ccccc4)(c4ccccc4)c4ccccc4-5)cc3o2)cc1. The summed E-state index contributed by atoms with van der Waals surface area (Å²) < 4.78 is 13.4. The molecule has 4 nitrogen and oxygen atoms in total. The van der Waals surface area contributed by atoms with Crippen molar-refractivity contribution in [2.75, 3.05) is 4.90 Å². The Morgan fingerprint density at radius 2 is 0.848 bits per heavy atom. The third-order valence-electron chi connectivity index (χ3n) is 13.4. The van der Waals surface area contributed by atoms with Crippen molar-refractivity contribution < 1.29 is 8.83 Å². The zero-order valence-corrected chi connectivity index (χ0v) is 35.8. The Morgan fingerprint density at radius 1 is 0.348 bits per heavy atom. The van der Waals surface area contributed by atoms with Gasteiger partial charge in [-0.05, 0) is 93.0 Å². The van der Waals surface area contributed by atoms with E-state index in [1.807, 2.05) is 36.4 Å². The number of para-hydroxylation sites is 2. The minimum absolute atomic E-state index is 0.550. The third-order valence-corrected chi connectivity index (χ3v) is 13.4. The molecule has 0 bridgehead atoms. The van der Waals surface area contributed by atoms with E-state index in [4.69, 9.17) is 13.8 Å². The third kappa shape index (κ3) is 5.89. The first kappa shape index (κ1) is 37.8. The first-order valence-electron chi connectivity index (χ1n) is 22.4. The predicted octanol–water partition coefficient (Wildman–Crippen LogP) is 16.6. The summed E-state index contributed by atoms with van der Waals surface area (Å²) in [5.74, 6) is 0.597. The monoisotopic (exact) mass is 844 g/mol. The Morgan fingerprint density at radius 3 is 1.50 bits per heavy atom. The van der Waals surface area contributed by atoms with E-state index >= 15 is 0 Å². The second kappa shape index (κ2) is 15.2. The molecule has 0 saturated carbocycles. The van der Waals surface area contributed by atoms with Crippen molar-refractivity contribution in [3.05, 3.63) is 265 Å². The van der Waals surface area contributed by atoms with Crippen LogP contribution in [0.4, 0.5) is 17.1 Å². The van der Waals surface area contributed by atoms with Crippen LogP contribution in [0.3, 0.4) is 0 Å². The molecule has 1 aliphatic rings. The molecule has 0 radical (unpaired) electrons. The molecule has 2 aromatic heterocycles. The van der Waals surface area contributed by atoms with Crippen LogP contribution in [0.2, 0.25) is 0 Å². The quantitative estimate of drug-likeness (QED) is 0.153. The summed E-state index contributed by atoms with van der Waals surface area (Å²) in [6.07, 6.45) is 0. The lowest BCUT2D eigenvalue weighted by Gasteiger charge is -2.35. The topological polar surface area (TPSA) is 42.4 Å². The van der Waals surface area contributed by atoms with Crippen molar-refractivity contribution in [3.63, 3.8) is 0 Å². The molecule has 0 saturated heterocycles. The molecule has 4 heteroatoms. The summed E-state index contributed by atoms with van der Waals surface area (Å²) in [7, 11) is 0. The molecule has 0 unspecified atom stereocenters. The minimum atomic E-state index is -0.550. The summed E-state index contributed by atoms with van der Waals surface area (Å²) in [4.78, 5) is 7.24. The van der Waals surface area contributed by atoms with Gasteiger partial charge in [0.05, 0.1) is 5.41 Å². The van der Waals surface area contributed by atoms with E-state index in [9.17, 15) is 0 Å². The lowest BCUT2D eigenvalue weighted by atomic mass is 9.67. The highest BCUT2D eigenvalue weighted by atomic mass is 16.3. The normalized spacial score (nSPS) is 12.7. The van der Waals surface area contributed by atoms with Crippen LogP contribution in [0, 0.1) is 0 Å². The number of hydrogen-bond donors (Lipinski definition) is 0. The van der Waals surface area contributed by atoms with E-state index in [1.165, 1.54) is 33.4 Å². The number of aromatic nitrogens is 1. The smallest absolute Gasteiger partial charge is 0.227 e. The van der Waals surface area contributed by atoms with E-state index in [1.54, 1.807) is 0 Å². The fraction of sp³-hybridized carbons (Fsp3) is 0.0161. The van der Waals surface area contributed by atoms with Gasteiger partial charge in [-0.15, -0.1) is 0 Å². The number of nitrogens with zero attached hydrogens (tertiary/aromatic N) is 2. The van der Waals surface area contributed by atoms with Gasteiger partial charge >= 0.3 is 0 Å². The number of anilines is 3. The van der Waals surface area contributed by atoms with Crippen LogP contribution in [0.25, 0.3) is 77.9 Å². The van der Waals surface area contributed by atoms with Crippen molar-refractivity contribution in [2.45, 2.75) is 5.41 Å².